The van der Waals surface area contributed by atoms with E-state index in [-0.39, 0.29) is 11.9 Å². The highest BCUT2D eigenvalue weighted by molar-refractivity contribution is 5.79. The van der Waals surface area contributed by atoms with E-state index >= 15 is 0 Å². The highest BCUT2D eigenvalue weighted by Crippen LogP contribution is 2.16. The fourth-order valence-corrected chi connectivity index (χ4v) is 1.59. The van der Waals surface area contributed by atoms with E-state index in [1.54, 1.807) is 12.4 Å². The molecule has 0 bridgehead atoms. The summed E-state index contributed by atoms with van der Waals surface area (Å²) in [5.74, 6) is 0.0456. The first-order valence-electron chi connectivity index (χ1n) is 4.91. The zero-order valence-electron chi connectivity index (χ0n) is 8.36. The Labute approximate surface area is 88.4 Å². The summed E-state index contributed by atoms with van der Waals surface area (Å²) in [6, 6.07) is 3.91. The topological polar surface area (TPSA) is 54.0 Å². The molecule has 0 saturated carbocycles. The van der Waals surface area contributed by atoms with Crippen LogP contribution in [-0.4, -0.2) is 16.9 Å². The van der Waals surface area contributed by atoms with Gasteiger partial charge in [-0.1, -0.05) is 6.58 Å². The van der Waals surface area contributed by atoms with E-state index in [4.69, 9.17) is 0 Å². The monoisotopic (exact) mass is 203 g/mol. The Hall–Kier alpha value is -1.84. The number of rotatable bonds is 2. The van der Waals surface area contributed by atoms with E-state index in [2.05, 4.69) is 22.2 Å². The lowest BCUT2D eigenvalue weighted by Crippen LogP contribution is -2.39. The smallest absolute Gasteiger partial charge is 0.224 e. The van der Waals surface area contributed by atoms with Crippen LogP contribution in [-0.2, 0) is 4.79 Å². The Kier molecular flexibility index (Phi) is 2.67. The molecule has 1 aromatic heterocycles. The van der Waals surface area contributed by atoms with Crippen LogP contribution >= 0.6 is 0 Å². The van der Waals surface area contributed by atoms with Crippen molar-refractivity contribution in [3.05, 3.63) is 36.8 Å². The molecule has 1 fully saturated rings. The molecule has 2 heterocycles. The molecule has 0 aromatic carbocycles. The zero-order valence-corrected chi connectivity index (χ0v) is 8.36. The lowest BCUT2D eigenvalue weighted by atomic mass is 10.0. The number of hydrogen-bond donors (Lipinski definition) is 2. The van der Waals surface area contributed by atoms with Gasteiger partial charge in [0.2, 0.25) is 5.91 Å². The highest BCUT2D eigenvalue weighted by Gasteiger charge is 2.21. The zero-order chi connectivity index (χ0) is 10.7. The quantitative estimate of drug-likeness (QED) is 0.761. The molecule has 1 amide bonds. The standard InChI is InChI=1S/C11H13N3O/c1-8-10(4-5-11(15)13-8)14-9-3-2-6-12-7-9/h2-3,6-7,10,14H,1,4-5H2,(H,13,15). The van der Waals surface area contributed by atoms with E-state index in [9.17, 15) is 4.79 Å². The Morgan fingerprint density at radius 1 is 1.60 bits per heavy atom. The van der Waals surface area contributed by atoms with E-state index < -0.39 is 0 Å². The third-order valence-electron chi connectivity index (χ3n) is 2.38. The molecular weight excluding hydrogens is 190 g/mol. The van der Waals surface area contributed by atoms with Gasteiger partial charge in [-0.25, -0.2) is 0 Å². The maximum Gasteiger partial charge on any atom is 0.224 e. The minimum absolute atomic E-state index is 0.0456. The van der Waals surface area contributed by atoms with Gasteiger partial charge >= 0.3 is 0 Å². The Morgan fingerprint density at radius 2 is 2.47 bits per heavy atom. The summed E-state index contributed by atoms with van der Waals surface area (Å²) in [5.41, 5.74) is 1.68. The molecule has 78 valence electrons. The van der Waals surface area contributed by atoms with Gasteiger partial charge < -0.3 is 10.6 Å². The lowest BCUT2D eigenvalue weighted by molar-refractivity contribution is -0.121. The first-order chi connectivity index (χ1) is 7.25. The van der Waals surface area contributed by atoms with Crippen molar-refractivity contribution in [2.24, 2.45) is 0 Å². The molecule has 15 heavy (non-hydrogen) atoms. The molecular formula is C11H13N3O. The number of amides is 1. The first kappa shape index (κ1) is 9.71. The van der Waals surface area contributed by atoms with Crippen LogP contribution in [0.5, 0.6) is 0 Å². The summed E-state index contributed by atoms with van der Waals surface area (Å²) < 4.78 is 0. The van der Waals surface area contributed by atoms with Crippen LogP contribution in [0, 0.1) is 0 Å². The van der Waals surface area contributed by atoms with Gasteiger partial charge in [0.05, 0.1) is 11.7 Å². The molecule has 1 aliphatic heterocycles. The summed E-state index contributed by atoms with van der Waals surface area (Å²) in [6.45, 7) is 3.83. The van der Waals surface area contributed by atoms with Crippen molar-refractivity contribution in [3.63, 3.8) is 0 Å². The van der Waals surface area contributed by atoms with E-state index in [0.29, 0.717) is 6.42 Å². The highest BCUT2D eigenvalue weighted by atomic mass is 16.1. The fraction of sp³-hybridized carbons (Fsp3) is 0.273. The van der Waals surface area contributed by atoms with Crippen LogP contribution in [0.1, 0.15) is 12.8 Å². The fourth-order valence-electron chi connectivity index (χ4n) is 1.59. The summed E-state index contributed by atoms with van der Waals surface area (Å²) in [7, 11) is 0. The molecule has 1 unspecified atom stereocenters. The molecule has 0 spiro atoms. The summed E-state index contributed by atoms with van der Waals surface area (Å²) in [5, 5.41) is 6.01. The van der Waals surface area contributed by atoms with Gasteiger partial charge in [0.25, 0.3) is 0 Å². The van der Waals surface area contributed by atoms with Crippen molar-refractivity contribution in [1.29, 1.82) is 0 Å². The van der Waals surface area contributed by atoms with E-state index in [1.807, 2.05) is 12.1 Å². The number of carbonyl (C=O) groups excluding carboxylic acids is 1. The number of nitrogens with one attached hydrogen (secondary N) is 2. The average molecular weight is 203 g/mol. The van der Waals surface area contributed by atoms with Gasteiger partial charge in [0.15, 0.2) is 0 Å². The van der Waals surface area contributed by atoms with Crippen LogP contribution in [0.15, 0.2) is 36.8 Å². The van der Waals surface area contributed by atoms with Crippen molar-refractivity contribution in [2.45, 2.75) is 18.9 Å². The maximum absolute atomic E-state index is 11.1. The number of anilines is 1. The van der Waals surface area contributed by atoms with Gasteiger partial charge in [-0.3, -0.25) is 9.78 Å². The van der Waals surface area contributed by atoms with Crippen LogP contribution in [0.2, 0.25) is 0 Å². The van der Waals surface area contributed by atoms with Crippen LogP contribution in [0.3, 0.4) is 0 Å². The minimum Gasteiger partial charge on any atom is -0.376 e. The summed E-state index contributed by atoms with van der Waals surface area (Å²) >= 11 is 0. The number of carbonyl (C=O) groups is 1. The Balaban J connectivity index is 2.01. The van der Waals surface area contributed by atoms with Crippen molar-refractivity contribution in [3.8, 4) is 0 Å². The molecule has 1 aromatic rings. The second-order valence-electron chi connectivity index (χ2n) is 3.55. The predicted molar refractivity (Wildman–Crippen MR) is 58.2 cm³/mol. The summed E-state index contributed by atoms with van der Waals surface area (Å²) in [6.07, 6.45) is 4.79. The van der Waals surface area contributed by atoms with Crippen LogP contribution in [0.4, 0.5) is 5.69 Å². The Morgan fingerprint density at radius 3 is 3.13 bits per heavy atom. The third kappa shape index (κ3) is 2.34. The number of hydrogen-bond acceptors (Lipinski definition) is 3. The van der Waals surface area contributed by atoms with E-state index in [0.717, 1.165) is 17.8 Å². The SMILES string of the molecule is C=C1NC(=O)CCC1Nc1cccnc1. The molecule has 1 aliphatic rings. The van der Waals surface area contributed by atoms with Crippen LogP contribution in [0.25, 0.3) is 0 Å². The number of nitrogens with zero attached hydrogens (tertiary/aromatic N) is 1. The second kappa shape index (κ2) is 4.13. The van der Waals surface area contributed by atoms with Gasteiger partial charge in [-0.05, 0) is 18.6 Å². The number of piperidine rings is 1. The molecule has 0 aliphatic carbocycles. The number of pyridine rings is 1. The maximum atomic E-state index is 11.1. The normalized spacial score (nSPS) is 20.9. The molecule has 0 radical (unpaired) electrons. The Bertz CT molecular complexity index is 375. The van der Waals surface area contributed by atoms with Gasteiger partial charge in [0, 0.05) is 24.5 Å². The van der Waals surface area contributed by atoms with Gasteiger partial charge in [-0.2, -0.15) is 0 Å². The molecule has 4 nitrogen and oxygen atoms in total. The van der Waals surface area contributed by atoms with Crippen molar-refractivity contribution < 1.29 is 4.79 Å². The second-order valence-corrected chi connectivity index (χ2v) is 3.55. The van der Waals surface area contributed by atoms with Crippen molar-refractivity contribution in [1.82, 2.24) is 10.3 Å². The van der Waals surface area contributed by atoms with E-state index in [1.165, 1.54) is 0 Å². The third-order valence-corrected chi connectivity index (χ3v) is 2.38. The largest absolute Gasteiger partial charge is 0.376 e. The summed E-state index contributed by atoms with van der Waals surface area (Å²) in [4.78, 5) is 15.1. The molecule has 1 saturated heterocycles. The van der Waals surface area contributed by atoms with Crippen molar-refractivity contribution in [2.75, 3.05) is 5.32 Å². The molecule has 2 rings (SSSR count). The van der Waals surface area contributed by atoms with Gasteiger partial charge in [0.1, 0.15) is 0 Å². The van der Waals surface area contributed by atoms with Crippen LogP contribution < -0.4 is 10.6 Å². The first-order valence-corrected chi connectivity index (χ1v) is 4.91. The lowest BCUT2D eigenvalue weighted by Gasteiger charge is -2.26. The molecule has 2 N–H and O–H groups in total. The number of aromatic nitrogens is 1. The van der Waals surface area contributed by atoms with Crippen molar-refractivity contribution >= 4 is 11.6 Å². The average Bonchev–Trinajstić information content (AvgIpc) is 2.24. The molecule has 4 heteroatoms. The predicted octanol–water partition coefficient (Wildman–Crippen LogP) is 1.29. The minimum atomic E-state index is 0.0456. The molecule has 1 atom stereocenters. The van der Waals surface area contributed by atoms with Gasteiger partial charge in [-0.15, -0.1) is 0 Å².